The lowest BCUT2D eigenvalue weighted by molar-refractivity contribution is -0.121. The van der Waals surface area contributed by atoms with Crippen LogP contribution in [0.3, 0.4) is 0 Å². The first-order chi connectivity index (χ1) is 9.50. The fourth-order valence-electron chi connectivity index (χ4n) is 2.31. The summed E-state index contributed by atoms with van der Waals surface area (Å²) in [5, 5.41) is 4.01. The minimum absolute atomic E-state index is 0.0834. The smallest absolute Gasteiger partial charge is 0.266 e. The molecule has 0 unspecified atom stereocenters. The van der Waals surface area contributed by atoms with E-state index in [2.05, 4.69) is 5.10 Å². The summed E-state index contributed by atoms with van der Waals surface area (Å²) < 4.78 is 25.6. The minimum Gasteiger partial charge on any atom is -0.266 e. The van der Waals surface area contributed by atoms with Gasteiger partial charge in [-0.1, -0.05) is 23.8 Å². The van der Waals surface area contributed by atoms with Gasteiger partial charge in [0.15, 0.2) is 0 Å². The van der Waals surface area contributed by atoms with Gasteiger partial charge in [0.25, 0.3) is 15.9 Å². The summed E-state index contributed by atoms with van der Waals surface area (Å²) in [6.45, 7) is 1.87. The first-order valence-electron chi connectivity index (χ1n) is 6.44. The molecule has 20 heavy (non-hydrogen) atoms. The van der Waals surface area contributed by atoms with Gasteiger partial charge in [0.05, 0.1) is 16.2 Å². The highest BCUT2D eigenvalue weighted by Gasteiger charge is 2.39. The van der Waals surface area contributed by atoms with Crippen molar-refractivity contribution in [3.63, 3.8) is 0 Å². The van der Waals surface area contributed by atoms with Crippen LogP contribution in [-0.4, -0.2) is 24.5 Å². The van der Waals surface area contributed by atoms with Crippen LogP contribution in [0.1, 0.15) is 24.8 Å². The van der Waals surface area contributed by atoms with Crippen LogP contribution in [0, 0.1) is 6.92 Å². The lowest BCUT2D eigenvalue weighted by Crippen LogP contribution is -2.29. The average Bonchev–Trinajstić information content (AvgIpc) is 2.78. The van der Waals surface area contributed by atoms with E-state index in [1.807, 2.05) is 6.92 Å². The van der Waals surface area contributed by atoms with Crippen LogP contribution < -0.4 is 0 Å². The van der Waals surface area contributed by atoms with E-state index in [9.17, 15) is 13.2 Å². The van der Waals surface area contributed by atoms with Crippen LogP contribution >= 0.6 is 0 Å². The molecule has 0 bridgehead atoms. The van der Waals surface area contributed by atoms with Crippen molar-refractivity contribution < 1.29 is 13.2 Å². The molecular formula is C14H14N2O3S. The van der Waals surface area contributed by atoms with Crippen LogP contribution in [0.4, 0.5) is 0 Å². The standard InChI is InChI=1S/C14H14N2O3S/c1-10-6-8-11(9-7-10)20(18,19)16-14(17)12-4-2-3-5-13(12)15-16/h4,6-9H,2-3,5H2,1H3. The third kappa shape index (κ3) is 1.96. The van der Waals surface area contributed by atoms with Crippen LogP contribution in [0.2, 0.25) is 0 Å². The third-order valence-corrected chi connectivity index (χ3v) is 5.01. The van der Waals surface area contributed by atoms with Gasteiger partial charge in [-0.25, -0.2) is 0 Å². The normalized spacial score (nSPS) is 18.6. The molecule has 2 aliphatic rings. The minimum atomic E-state index is -3.91. The molecule has 0 spiro atoms. The van der Waals surface area contributed by atoms with Gasteiger partial charge in [-0.2, -0.15) is 13.5 Å². The van der Waals surface area contributed by atoms with Crippen molar-refractivity contribution in [2.45, 2.75) is 31.1 Å². The lowest BCUT2D eigenvalue weighted by atomic mass is 9.98. The Kier molecular flexibility index (Phi) is 2.97. The summed E-state index contributed by atoms with van der Waals surface area (Å²) in [5.74, 6) is -0.541. The largest absolute Gasteiger partial charge is 0.290 e. The van der Waals surface area contributed by atoms with Gasteiger partial charge in [0.1, 0.15) is 0 Å². The van der Waals surface area contributed by atoms with Crippen LogP contribution in [0.25, 0.3) is 0 Å². The Labute approximate surface area is 117 Å². The number of hydrogen-bond acceptors (Lipinski definition) is 4. The van der Waals surface area contributed by atoms with E-state index in [1.165, 1.54) is 12.1 Å². The number of allylic oxidation sites excluding steroid dienone is 1. The van der Waals surface area contributed by atoms with E-state index in [1.54, 1.807) is 18.2 Å². The Morgan fingerprint density at radius 3 is 2.55 bits per heavy atom. The number of aryl methyl sites for hydroxylation is 1. The number of hydrazone groups is 1. The van der Waals surface area contributed by atoms with Gasteiger partial charge < -0.3 is 0 Å². The quantitative estimate of drug-likeness (QED) is 0.836. The van der Waals surface area contributed by atoms with Crippen molar-refractivity contribution in [1.82, 2.24) is 4.41 Å². The molecule has 3 rings (SSSR count). The van der Waals surface area contributed by atoms with E-state index >= 15 is 0 Å². The number of benzene rings is 1. The zero-order valence-electron chi connectivity index (χ0n) is 11.0. The third-order valence-electron chi connectivity index (χ3n) is 3.44. The highest BCUT2D eigenvalue weighted by Crippen LogP contribution is 2.28. The summed E-state index contributed by atoms with van der Waals surface area (Å²) in [6.07, 6.45) is 4.11. The number of sulfonamides is 1. The molecule has 6 heteroatoms. The molecule has 0 atom stereocenters. The van der Waals surface area contributed by atoms with Gasteiger partial charge in [0, 0.05) is 0 Å². The van der Waals surface area contributed by atoms with Crippen molar-refractivity contribution in [1.29, 1.82) is 0 Å². The maximum absolute atomic E-state index is 12.5. The first-order valence-corrected chi connectivity index (χ1v) is 7.88. The van der Waals surface area contributed by atoms with Crippen LogP contribution in [0.15, 0.2) is 45.9 Å². The number of hydrogen-bond donors (Lipinski definition) is 0. The molecule has 1 amide bonds. The Morgan fingerprint density at radius 1 is 1.20 bits per heavy atom. The van der Waals surface area contributed by atoms with Gasteiger partial charge in [-0.3, -0.25) is 4.79 Å². The number of rotatable bonds is 2. The zero-order chi connectivity index (χ0) is 14.3. The van der Waals surface area contributed by atoms with Crippen molar-refractivity contribution in [2.24, 2.45) is 5.10 Å². The molecule has 5 nitrogen and oxygen atoms in total. The molecule has 0 fully saturated rings. The second-order valence-corrected chi connectivity index (χ2v) is 6.69. The Hall–Kier alpha value is -1.95. The van der Waals surface area contributed by atoms with Gasteiger partial charge in [-0.15, -0.1) is 4.41 Å². The highest BCUT2D eigenvalue weighted by atomic mass is 32.2. The topological polar surface area (TPSA) is 66.8 Å². The Balaban J connectivity index is 2.03. The van der Waals surface area contributed by atoms with E-state index in [0.717, 1.165) is 18.4 Å². The monoisotopic (exact) mass is 290 g/mol. The van der Waals surface area contributed by atoms with E-state index < -0.39 is 15.9 Å². The summed E-state index contributed by atoms with van der Waals surface area (Å²) in [7, 11) is -3.91. The summed E-state index contributed by atoms with van der Waals surface area (Å²) >= 11 is 0. The van der Waals surface area contributed by atoms with Gasteiger partial charge >= 0.3 is 0 Å². The molecular weight excluding hydrogens is 276 g/mol. The number of amides is 1. The van der Waals surface area contributed by atoms with E-state index in [0.29, 0.717) is 22.1 Å². The fraction of sp³-hybridized carbons (Fsp3) is 0.286. The Morgan fingerprint density at radius 2 is 1.90 bits per heavy atom. The fourth-order valence-corrected chi connectivity index (χ4v) is 3.52. The molecule has 1 aliphatic carbocycles. The van der Waals surface area contributed by atoms with Crippen molar-refractivity contribution in [3.8, 4) is 0 Å². The van der Waals surface area contributed by atoms with Crippen molar-refractivity contribution in [2.75, 3.05) is 0 Å². The lowest BCUT2D eigenvalue weighted by Gasteiger charge is -2.12. The van der Waals surface area contributed by atoms with E-state index in [4.69, 9.17) is 0 Å². The molecule has 1 aromatic rings. The summed E-state index contributed by atoms with van der Waals surface area (Å²) in [4.78, 5) is 12.3. The maximum Gasteiger partial charge on any atom is 0.290 e. The molecule has 0 saturated heterocycles. The van der Waals surface area contributed by atoms with Crippen molar-refractivity contribution in [3.05, 3.63) is 41.5 Å². The predicted molar refractivity (Wildman–Crippen MR) is 74.6 cm³/mol. The number of nitrogens with zero attached hydrogens (tertiary/aromatic N) is 2. The zero-order valence-corrected chi connectivity index (χ0v) is 11.9. The molecule has 0 aromatic heterocycles. The average molecular weight is 290 g/mol. The predicted octanol–water partition coefficient (Wildman–Crippen LogP) is 1.99. The Bertz CT molecular complexity index is 730. The second-order valence-electron chi connectivity index (χ2n) is 4.92. The molecule has 0 N–H and O–H groups in total. The number of carbonyl (C=O) groups excluding carboxylic acids is 1. The number of carbonyl (C=O) groups is 1. The highest BCUT2D eigenvalue weighted by molar-refractivity contribution is 7.89. The van der Waals surface area contributed by atoms with Gasteiger partial charge in [-0.05, 0) is 38.3 Å². The van der Waals surface area contributed by atoms with Gasteiger partial charge in [0.2, 0.25) is 0 Å². The molecule has 104 valence electrons. The number of fused-ring (bicyclic) bond motifs is 1. The molecule has 0 radical (unpaired) electrons. The van der Waals surface area contributed by atoms with Crippen LogP contribution in [-0.2, 0) is 14.8 Å². The summed E-state index contributed by atoms with van der Waals surface area (Å²) in [5.41, 5.74) is 1.98. The van der Waals surface area contributed by atoms with E-state index in [-0.39, 0.29) is 4.90 Å². The summed E-state index contributed by atoms with van der Waals surface area (Å²) in [6, 6.07) is 6.39. The second kappa shape index (κ2) is 4.56. The molecule has 1 aromatic carbocycles. The molecule has 0 saturated carbocycles. The molecule has 1 heterocycles. The van der Waals surface area contributed by atoms with Crippen molar-refractivity contribution >= 4 is 21.6 Å². The molecule has 1 aliphatic heterocycles. The maximum atomic E-state index is 12.5. The first kappa shape index (κ1) is 13.1. The van der Waals surface area contributed by atoms with Crippen LogP contribution in [0.5, 0.6) is 0 Å². The SMILES string of the molecule is Cc1ccc(S(=O)(=O)N2N=C3CCCC=C3C2=O)cc1.